The van der Waals surface area contributed by atoms with Crippen LogP contribution in [-0.2, 0) is 0 Å². The summed E-state index contributed by atoms with van der Waals surface area (Å²) in [6, 6.07) is 4.50. The van der Waals surface area contributed by atoms with Gasteiger partial charge in [0.25, 0.3) is 0 Å². The van der Waals surface area contributed by atoms with Crippen LogP contribution in [0.15, 0.2) is 22.7 Å². The summed E-state index contributed by atoms with van der Waals surface area (Å²) >= 11 is 5.02. The van der Waals surface area contributed by atoms with Crippen molar-refractivity contribution < 1.29 is 17.9 Å². The van der Waals surface area contributed by atoms with Crippen LogP contribution in [0.25, 0.3) is 0 Å². The minimum absolute atomic E-state index is 0.227. The van der Waals surface area contributed by atoms with E-state index in [0.717, 1.165) is 18.0 Å². The first-order valence-corrected chi connectivity index (χ1v) is 7.76. The maximum Gasteiger partial charge on any atom is 0.573 e. The summed E-state index contributed by atoms with van der Waals surface area (Å²) in [5, 5.41) is 3.24. The van der Waals surface area contributed by atoms with Gasteiger partial charge in [0.1, 0.15) is 5.75 Å². The summed E-state index contributed by atoms with van der Waals surface area (Å²) in [5.74, 6) is 2.74. The molecule has 0 aromatic heterocycles. The van der Waals surface area contributed by atoms with Gasteiger partial charge in [-0.15, -0.1) is 13.2 Å². The van der Waals surface area contributed by atoms with Gasteiger partial charge in [0, 0.05) is 12.2 Å². The average Bonchev–Trinajstić information content (AvgIpc) is 2.81. The van der Waals surface area contributed by atoms with E-state index >= 15 is 0 Å². The highest BCUT2D eigenvalue weighted by atomic mass is 79.9. The molecule has 0 amide bonds. The Hall–Kier alpha value is -0.560. The van der Waals surface area contributed by atoms with E-state index in [0.29, 0.717) is 5.92 Å². The highest BCUT2D eigenvalue weighted by molar-refractivity contribution is 9.10. The fraction of sp³-hybridized carbons (Fsp3) is 0.500. The van der Waals surface area contributed by atoms with Gasteiger partial charge < -0.3 is 10.1 Å². The second kappa shape index (κ2) is 6.26. The van der Waals surface area contributed by atoms with Crippen molar-refractivity contribution >= 4 is 33.4 Å². The first kappa shape index (κ1) is 14.8. The number of ether oxygens (including phenoxy) is 1. The van der Waals surface area contributed by atoms with Crippen LogP contribution in [0.4, 0.5) is 18.9 Å². The van der Waals surface area contributed by atoms with Gasteiger partial charge in [0.2, 0.25) is 0 Å². The van der Waals surface area contributed by atoms with Crippen molar-refractivity contribution in [1.82, 2.24) is 0 Å². The molecule has 7 heteroatoms. The van der Waals surface area contributed by atoms with E-state index in [9.17, 15) is 13.2 Å². The minimum atomic E-state index is -4.67. The van der Waals surface area contributed by atoms with Gasteiger partial charge in [-0.2, -0.15) is 11.8 Å². The first-order valence-electron chi connectivity index (χ1n) is 5.81. The number of rotatable bonds is 4. The zero-order valence-corrected chi connectivity index (χ0v) is 12.4. The lowest BCUT2D eigenvalue weighted by molar-refractivity contribution is -0.274. The monoisotopic (exact) mass is 355 g/mol. The summed E-state index contributed by atoms with van der Waals surface area (Å²) in [4.78, 5) is 0. The third kappa shape index (κ3) is 4.80. The molecule has 0 aliphatic carbocycles. The van der Waals surface area contributed by atoms with Crippen molar-refractivity contribution in [3.8, 4) is 5.75 Å². The molecule has 1 heterocycles. The Morgan fingerprint density at radius 2 is 2.21 bits per heavy atom. The first-order chi connectivity index (χ1) is 8.94. The molecule has 1 aromatic carbocycles. The molecule has 0 bridgehead atoms. The number of thioether (sulfide) groups is 1. The zero-order valence-electron chi connectivity index (χ0n) is 9.97. The molecule has 1 aromatic rings. The maximum atomic E-state index is 12.1. The molecule has 0 spiro atoms. The number of benzene rings is 1. The third-order valence-corrected chi connectivity index (χ3v) is 4.63. The van der Waals surface area contributed by atoms with Crippen molar-refractivity contribution in [2.75, 3.05) is 23.4 Å². The molecule has 1 saturated heterocycles. The van der Waals surface area contributed by atoms with Gasteiger partial charge in [-0.25, -0.2) is 0 Å². The molecule has 1 fully saturated rings. The largest absolute Gasteiger partial charge is 0.573 e. The van der Waals surface area contributed by atoms with E-state index in [1.165, 1.54) is 18.2 Å². The fourth-order valence-electron chi connectivity index (χ4n) is 1.82. The Labute approximate surface area is 122 Å². The minimum Gasteiger partial charge on any atom is -0.405 e. The van der Waals surface area contributed by atoms with E-state index < -0.39 is 6.36 Å². The van der Waals surface area contributed by atoms with Gasteiger partial charge in [-0.1, -0.05) is 0 Å². The smallest absolute Gasteiger partial charge is 0.405 e. The Morgan fingerprint density at radius 1 is 1.42 bits per heavy atom. The highest BCUT2D eigenvalue weighted by Crippen LogP contribution is 2.32. The van der Waals surface area contributed by atoms with Crippen molar-refractivity contribution in [2.24, 2.45) is 5.92 Å². The SMILES string of the molecule is FC(F)(F)Oc1ccc(NCC2CCSC2)cc1Br. The predicted molar refractivity (Wildman–Crippen MR) is 74.7 cm³/mol. The van der Waals surface area contributed by atoms with Crippen LogP contribution >= 0.6 is 27.7 Å². The average molecular weight is 356 g/mol. The van der Waals surface area contributed by atoms with E-state index in [1.807, 2.05) is 11.8 Å². The Morgan fingerprint density at radius 3 is 2.79 bits per heavy atom. The third-order valence-electron chi connectivity index (χ3n) is 2.78. The number of halogens is 4. The summed E-state index contributed by atoms with van der Waals surface area (Å²) in [6.07, 6.45) is -3.48. The van der Waals surface area contributed by atoms with Gasteiger partial charge >= 0.3 is 6.36 Å². The second-order valence-electron chi connectivity index (χ2n) is 4.30. The van der Waals surface area contributed by atoms with Crippen molar-refractivity contribution in [2.45, 2.75) is 12.8 Å². The molecular weight excluding hydrogens is 343 g/mol. The molecular formula is C12H13BrF3NOS. The summed E-state index contributed by atoms with van der Waals surface area (Å²) in [6.45, 7) is 0.846. The molecule has 2 rings (SSSR count). The Bertz CT molecular complexity index is 435. The second-order valence-corrected chi connectivity index (χ2v) is 6.31. The van der Waals surface area contributed by atoms with Crippen molar-refractivity contribution in [3.05, 3.63) is 22.7 Å². The fourth-order valence-corrected chi connectivity index (χ4v) is 3.57. The predicted octanol–water partition coefficient (Wildman–Crippen LogP) is 4.51. The van der Waals surface area contributed by atoms with Crippen LogP contribution in [0.1, 0.15) is 6.42 Å². The van der Waals surface area contributed by atoms with Gasteiger partial charge in [0.05, 0.1) is 4.47 Å². The Kier molecular flexibility index (Phi) is 4.89. The molecule has 0 saturated carbocycles. The van der Waals surface area contributed by atoms with Crippen molar-refractivity contribution in [1.29, 1.82) is 0 Å². The van der Waals surface area contributed by atoms with Crippen LogP contribution in [0, 0.1) is 5.92 Å². The van der Waals surface area contributed by atoms with Gasteiger partial charge in [-0.3, -0.25) is 0 Å². The standard InChI is InChI=1S/C12H13BrF3NOS/c13-10-5-9(17-6-8-3-4-19-7-8)1-2-11(10)18-12(14,15)16/h1-2,5,8,17H,3-4,6-7H2. The number of anilines is 1. The summed E-state index contributed by atoms with van der Waals surface area (Å²) < 4.78 is 40.5. The summed E-state index contributed by atoms with van der Waals surface area (Å²) in [5.41, 5.74) is 0.790. The van der Waals surface area contributed by atoms with E-state index in [2.05, 4.69) is 26.0 Å². The van der Waals surface area contributed by atoms with Crippen LogP contribution in [0.5, 0.6) is 5.75 Å². The molecule has 1 aliphatic rings. The molecule has 1 unspecified atom stereocenters. The quantitative estimate of drug-likeness (QED) is 0.858. The van der Waals surface area contributed by atoms with Crippen molar-refractivity contribution in [3.63, 3.8) is 0 Å². The molecule has 1 atom stereocenters. The Balaban J connectivity index is 1.94. The summed E-state index contributed by atoms with van der Waals surface area (Å²) in [7, 11) is 0. The molecule has 106 valence electrons. The molecule has 0 radical (unpaired) electrons. The normalized spacial score (nSPS) is 19.5. The maximum absolute atomic E-state index is 12.1. The van der Waals surface area contributed by atoms with Crippen LogP contribution < -0.4 is 10.1 Å². The lowest BCUT2D eigenvalue weighted by Gasteiger charge is -2.14. The topological polar surface area (TPSA) is 21.3 Å². The van der Waals surface area contributed by atoms with E-state index in [-0.39, 0.29) is 10.2 Å². The molecule has 19 heavy (non-hydrogen) atoms. The lowest BCUT2D eigenvalue weighted by atomic mass is 10.1. The van der Waals surface area contributed by atoms with Crippen LogP contribution in [0.3, 0.4) is 0 Å². The number of nitrogens with one attached hydrogen (secondary N) is 1. The van der Waals surface area contributed by atoms with Crippen LogP contribution in [-0.4, -0.2) is 24.4 Å². The van der Waals surface area contributed by atoms with Crippen LogP contribution in [0.2, 0.25) is 0 Å². The number of alkyl halides is 3. The van der Waals surface area contributed by atoms with Gasteiger partial charge in [-0.05, 0) is 58.0 Å². The number of hydrogen-bond donors (Lipinski definition) is 1. The molecule has 2 nitrogen and oxygen atoms in total. The number of hydrogen-bond acceptors (Lipinski definition) is 3. The molecule has 1 N–H and O–H groups in total. The lowest BCUT2D eigenvalue weighted by Crippen LogP contribution is -2.17. The van der Waals surface area contributed by atoms with E-state index in [1.54, 1.807) is 12.1 Å². The molecule has 1 aliphatic heterocycles. The van der Waals surface area contributed by atoms with E-state index in [4.69, 9.17) is 0 Å². The van der Waals surface area contributed by atoms with Gasteiger partial charge in [0.15, 0.2) is 0 Å². The highest BCUT2D eigenvalue weighted by Gasteiger charge is 2.31. The zero-order chi connectivity index (χ0) is 13.9.